The van der Waals surface area contributed by atoms with E-state index in [0.717, 1.165) is 0 Å². The molecule has 0 N–H and O–H groups in total. The number of nitrogens with zero attached hydrogens (tertiary/aromatic N) is 1. The SMILES string of the molecule is CCOC(=O)C1=COCC=N1. The summed E-state index contributed by atoms with van der Waals surface area (Å²) >= 11 is 0. The number of rotatable bonds is 2. The van der Waals surface area contributed by atoms with E-state index in [2.05, 4.69) is 9.73 Å². The molecule has 0 saturated carbocycles. The van der Waals surface area contributed by atoms with Crippen LogP contribution in [0.1, 0.15) is 6.92 Å². The van der Waals surface area contributed by atoms with Crippen molar-refractivity contribution in [3.8, 4) is 0 Å². The van der Waals surface area contributed by atoms with Gasteiger partial charge in [-0.15, -0.1) is 0 Å². The predicted molar refractivity (Wildman–Crippen MR) is 39.2 cm³/mol. The summed E-state index contributed by atoms with van der Waals surface area (Å²) in [6.45, 7) is 2.51. The van der Waals surface area contributed by atoms with E-state index in [9.17, 15) is 4.79 Å². The smallest absolute Gasteiger partial charge is 0.360 e. The minimum atomic E-state index is -0.441. The van der Waals surface area contributed by atoms with Crippen molar-refractivity contribution in [3.05, 3.63) is 12.0 Å². The second-order valence-electron chi connectivity index (χ2n) is 1.87. The van der Waals surface area contributed by atoms with E-state index in [1.165, 1.54) is 12.5 Å². The second kappa shape index (κ2) is 3.75. The number of carbonyl (C=O) groups is 1. The molecule has 0 radical (unpaired) electrons. The Bertz CT molecular complexity index is 208. The summed E-state index contributed by atoms with van der Waals surface area (Å²) in [4.78, 5) is 14.7. The molecule has 1 heterocycles. The van der Waals surface area contributed by atoms with Gasteiger partial charge in [0.15, 0.2) is 5.70 Å². The molecule has 1 rings (SSSR count). The lowest BCUT2D eigenvalue weighted by Gasteiger charge is -2.05. The van der Waals surface area contributed by atoms with Gasteiger partial charge < -0.3 is 9.47 Å². The van der Waals surface area contributed by atoms with E-state index in [0.29, 0.717) is 13.2 Å². The summed E-state index contributed by atoms with van der Waals surface area (Å²) < 4.78 is 9.52. The minimum absolute atomic E-state index is 0.220. The number of carbonyl (C=O) groups excluding carboxylic acids is 1. The van der Waals surface area contributed by atoms with Gasteiger partial charge in [-0.05, 0) is 6.92 Å². The summed E-state index contributed by atoms with van der Waals surface area (Å²) in [5.74, 6) is -0.441. The fourth-order valence-electron chi connectivity index (χ4n) is 0.642. The van der Waals surface area contributed by atoms with Gasteiger partial charge in [-0.3, -0.25) is 0 Å². The van der Waals surface area contributed by atoms with Crippen molar-refractivity contribution in [2.24, 2.45) is 4.99 Å². The van der Waals surface area contributed by atoms with Crippen molar-refractivity contribution >= 4 is 12.2 Å². The minimum Gasteiger partial charge on any atom is -0.493 e. The molecule has 0 aromatic rings. The van der Waals surface area contributed by atoms with Gasteiger partial charge in [-0.1, -0.05) is 0 Å². The average Bonchev–Trinajstić information content (AvgIpc) is 2.07. The number of hydrogen-bond donors (Lipinski definition) is 0. The summed E-state index contributed by atoms with van der Waals surface area (Å²) in [7, 11) is 0. The van der Waals surface area contributed by atoms with Crippen LogP contribution in [-0.4, -0.2) is 25.4 Å². The van der Waals surface area contributed by atoms with Crippen molar-refractivity contribution in [1.29, 1.82) is 0 Å². The predicted octanol–water partition coefficient (Wildman–Crippen LogP) is 0.492. The Morgan fingerprint density at radius 1 is 1.91 bits per heavy atom. The van der Waals surface area contributed by atoms with Gasteiger partial charge >= 0.3 is 5.97 Å². The highest BCUT2D eigenvalue weighted by atomic mass is 16.5. The molecule has 0 unspecified atom stereocenters. The van der Waals surface area contributed by atoms with E-state index < -0.39 is 5.97 Å². The Morgan fingerprint density at radius 2 is 2.73 bits per heavy atom. The zero-order valence-electron chi connectivity index (χ0n) is 6.24. The molecule has 1 aliphatic rings. The lowest BCUT2D eigenvalue weighted by Crippen LogP contribution is -2.10. The lowest BCUT2D eigenvalue weighted by atomic mass is 10.5. The lowest BCUT2D eigenvalue weighted by molar-refractivity contribution is -0.138. The second-order valence-corrected chi connectivity index (χ2v) is 1.87. The molecule has 4 nitrogen and oxygen atoms in total. The molecule has 0 aromatic carbocycles. The third kappa shape index (κ3) is 2.07. The normalized spacial score (nSPS) is 15.2. The third-order valence-electron chi connectivity index (χ3n) is 1.08. The monoisotopic (exact) mass is 155 g/mol. The van der Waals surface area contributed by atoms with E-state index in [1.54, 1.807) is 6.92 Å². The first-order valence-electron chi connectivity index (χ1n) is 3.36. The molecule has 0 aliphatic carbocycles. The fraction of sp³-hybridized carbons (Fsp3) is 0.429. The van der Waals surface area contributed by atoms with Gasteiger partial charge in [0, 0.05) is 6.21 Å². The summed E-state index contributed by atoms with van der Waals surface area (Å²) in [5, 5.41) is 0. The molecule has 0 spiro atoms. The largest absolute Gasteiger partial charge is 0.493 e. The van der Waals surface area contributed by atoms with Gasteiger partial charge in [0.2, 0.25) is 0 Å². The van der Waals surface area contributed by atoms with E-state index in [-0.39, 0.29) is 5.70 Å². The van der Waals surface area contributed by atoms with Crippen LogP contribution in [0.2, 0.25) is 0 Å². The van der Waals surface area contributed by atoms with E-state index >= 15 is 0 Å². The standard InChI is InChI=1S/C7H9NO3/c1-2-11-7(9)6-5-10-4-3-8-6/h3,5H,2,4H2,1H3. The number of hydrogen-bond acceptors (Lipinski definition) is 4. The Kier molecular flexibility index (Phi) is 2.66. The topological polar surface area (TPSA) is 47.9 Å². The average molecular weight is 155 g/mol. The van der Waals surface area contributed by atoms with Gasteiger partial charge in [0.1, 0.15) is 12.9 Å². The zero-order chi connectivity index (χ0) is 8.10. The fourth-order valence-corrected chi connectivity index (χ4v) is 0.642. The number of aliphatic imine (C=N–C) groups is 1. The zero-order valence-corrected chi connectivity index (χ0v) is 6.24. The van der Waals surface area contributed by atoms with Crippen LogP contribution in [0.5, 0.6) is 0 Å². The Labute approximate surface area is 64.5 Å². The molecule has 60 valence electrons. The van der Waals surface area contributed by atoms with Crippen LogP contribution in [0.25, 0.3) is 0 Å². The summed E-state index contributed by atoms with van der Waals surface area (Å²) in [6, 6.07) is 0. The first kappa shape index (κ1) is 7.78. The van der Waals surface area contributed by atoms with E-state index in [1.807, 2.05) is 0 Å². The Hall–Kier alpha value is -1.32. The maximum absolute atomic E-state index is 10.9. The van der Waals surface area contributed by atoms with Gasteiger partial charge in [-0.2, -0.15) is 0 Å². The quantitative estimate of drug-likeness (QED) is 0.545. The Morgan fingerprint density at radius 3 is 3.27 bits per heavy atom. The van der Waals surface area contributed by atoms with Crippen molar-refractivity contribution < 1.29 is 14.3 Å². The first-order chi connectivity index (χ1) is 5.34. The molecule has 0 saturated heterocycles. The molecule has 0 aromatic heterocycles. The highest BCUT2D eigenvalue weighted by molar-refractivity contribution is 5.90. The molecule has 0 fully saturated rings. The van der Waals surface area contributed by atoms with Gasteiger partial charge in [0.05, 0.1) is 6.61 Å². The van der Waals surface area contributed by atoms with Crippen LogP contribution in [0, 0.1) is 0 Å². The van der Waals surface area contributed by atoms with Crippen molar-refractivity contribution in [3.63, 3.8) is 0 Å². The van der Waals surface area contributed by atoms with Gasteiger partial charge in [0.25, 0.3) is 0 Å². The maximum atomic E-state index is 10.9. The maximum Gasteiger partial charge on any atom is 0.360 e. The van der Waals surface area contributed by atoms with E-state index in [4.69, 9.17) is 4.74 Å². The molecule has 11 heavy (non-hydrogen) atoms. The van der Waals surface area contributed by atoms with Crippen LogP contribution < -0.4 is 0 Å². The van der Waals surface area contributed by atoms with Crippen molar-refractivity contribution in [2.75, 3.05) is 13.2 Å². The highest BCUT2D eigenvalue weighted by Gasteiger charge is 2.10. The molecule has 0 amide bonds. The molecule has 0 atom stereocenters. The summed E-state index contributed by atoms with van der Waals surface area (Å²) in [5.41, 5.74) is 0.220. The molecule has 0 bridgehead atoms. The van der Waals surface area contributed by atoms with Crippen LogP contribution in [-0.2, 0) is 14.3 Å². The van der Waals surface area contributed by atoms with Crippen LogP contribution >= 0.6 is 0 Å². The molecular weight excluding hydrogens is 146 g/mol. The summed E-state index contributed by atoms with van der Waals surface area (Å²) in [6.07, 6.45) is 2.82. The van der Waals surface area contributed by atoms with Crippen LogP contribution in [0.15, 0.2) is 17.0 Å². The molecular formula is C7H9NO3. The van der Waals surface area contributed by atoms with Crippen LogP contribution in [0.3, 0.4) is 0 Å². The van der Waals surface area contributed by atoms with Gasteiger partial charge in [-0.25, -0.2) is 9.79 Å². The molecule has 1 aliphatic heterocycles. The Balaban J connectivity index is 2.52. The number of ether oxygens (including phenoxy) is 2. The van der Waals surface area contributed by atoms with Crippen molar-refractivity contribution in [1.82, 2.24) is 0 Å². The number of esters is 1. The highest BCUT2D eigenvalue weighted by Crippen LogP contribution is 2.03. The molecule has 4 heteroatoms. The third-order valence-corrected chi connectivity index (χ3v) is 1.08. The first-order valence-corrected chi connectivity index (χ1v) is 3.36. The van der Waals surface area contributed by atoms with Crippen molar-refractivity contribution in [2.45, 2.75) is 6.92 Å². The van der Waals surface area contributed by atoms with Crippen LogP contribution in [0.4, 0.5) is 0 Å².